The first-order chi connectivity index (χ1) is 16.3. The number of likely N-dealkylation sites (tertiary alicyclic amines) is 1. The number of Topliss-reactive ketones (excluding diaryl/α,β-unsaturated/α-hetero) is 1. The highest BCUT2D eigenvalue weighted by Gasteiger charge is 2.83. The first-order valence-corrected chi connectivity index (χ1v) is 11.3. The van der Waals surface area contributed by atoms with Gasteiger partial charge in [0.2, 0.25) is 17.4 Å². The molecule has 3 amide bonds. The third-order valence-corrected chi connectivity index (χ3v) is 7.69. The molecule has 0 N–H and O–H groups in total. The number of amides is 3. The third kappa shape index (κ3) is 2.36. The Bertz CT molecular complexity index is 1380. The lowest BCUT2D eigenvalue weighted by Gasteiger charge is -2.38. The number of benzene rings is 2. The normalized spacial score (nSPS) is 30.0. The van der Waals surface area contributed by atoms with E-state index >= 15 is 0 Å². The van der Waals surface area contributed by atoms with E-state index < -0.39 is 46.7 Å². The number of rotatable bonds is 5. The van der Waals surface area contributed by atoms with Crippen LogP contribution >= 0.6 is 0 Å². The second-order valence-electron chi connectivity index (χ2n) is 9.22. The first kappa shape index (κ1) is 20.8. The van der Waals surface area contributed by atoms with Crippen LogP contribution < -0.4 is 4.90 Å². The maximum atomic E-state index is 13.8. The minimum Gasteiger partial charge on any atom is -0.347 e. The van der Waals surface area contributed by atoms with Crippen LogP contribution in [0.1, 0.15) is 13.3 Å². The summed E-state index contributed by atoms with van der Waals surface area (Å²) < 4.78 is 8.31. The van der Waals surface area contributed by atoms with Crippen LogP contribution in [0.3, 0.4) is 0 Å². The van der Waals surface area contributed by atoms with Gasteiger partial charge in [-0.15, -0.1) is 0 Å². The number of carbonyl (C=O) groups excluding carboxylic acids is 4. The minimum atomic E-state index is -1.98. The van der Waals surface area contributed by atoms with E-state index in [4.69, 9.17) is 4.74 Å². The van der Waals surface area contributed by atoms with Gasteiger partial charge in [0.25, 0.3) is 5.91 Å². The van der Waals surface area contributed by atoms with Gasteiger partial charge in [-0.3, -0.25) is 19.2 Å². The van der Waals surface area contributed by atoms with Crippen LogP contribution in [0, 0.1) is 11.8 Å². The fraction of sp³-hybridized carbons (Fsp3) is 0.308. The second-order valence-corrected chi connectivity index (χ2v) is 9.22. The monoisotopic (exact) mass is 457 g/mol. The second kappa shape index (κ2) is 6.87. The summed E-state index contributed by atoms with van der Waals surface area (Å²) >= 11 is 0. The van der Waals surface area contributed by atoms with Gasteiger partial charge in [0.15, 0.2) is 11.5 Å². The quantitative estimate of drug-likeness (QED) is 0.434. The van der Waals surface area contributed by atoms with E-state index in [0.717, 1.165) is 15.8 Å². The molecule has 1 aromatic heterocycles. The molecule has 8 nitrogen and oxygen atoms in total. The highest BCUT2D eigenvalue weighted by atomic mass is 16.6. The van der Waals surface area contributed by atoms with Crippen LogP contribution in [0.25, 0.3) is 10.9 Å². The lowest BCUT2D eigenvalue weighted by Crippen LogP contribution is -2.60. The summed E-state index contributed by atoms with van der Waals surface area (Å²) in [6, 6.07) is 18.5. The molecule has 3 saturated heterocycles. The molecule has 2 aromatic carbocycles. The molecule has 3 aliphatic rings. The van der Waals surface area contributed by atoms with Crippen LogP contribution in [-0.4, -0.2) is 51.3 Å². The first-order valence-electron chi connectivity index (χ1n) is 11.3. The van der Waals surface area contributed by atoms with Crippen LogP contribution in [-0.2, 0) is 30.5 Å². The molecule has 8 heteroatoms. The van der Waals surface area contributed by atoms with Crippen molar-refractivity contribution >= 4 is 40.1 Å². The SMILES string of the molecule is CC(=O)[C@@]12O[C@@](CCn3ccc4ccccc43)(C3C(=O)N(c4ccccc4)C(=O)C31)N(C)C2=O. The summed E-state index contributed by atoms with van der Waals surface area (Å²) in [5.41, 5.74) is -1.94. The number of imide groups is 1. The number of ketones is 1. The fourth-order valence-corrected chi connectivity index (χ4v) is 6.08. The van der Waals surface area contributed by atoms with Crippen molar-refractivity contribution < 1.29 is 23.9 Å². The number of anilines is 1. The molecule has 0 radical (unpaired) electrons. The molecular formula is C26H23N3O5. The summed E-state index contributed by atoms with van der Waals surface area (Å²) in [7, 11) is 1.56. The summed E-state index contributed by atoms with van der Waals surface area (Å²) in [4.78, 5) is 56.2. The van der Waals surface area contributed by atoms with Gasteiger partial charge < -0.3 is 14.2 Å². The molecule has 3 aliphatic heterocycles. The Hall–Kier alpha value is -3.78. The molecular weight excluding hydrogens is 434 g/mol. The molecule has 4 heterocycles. The summed E-state index contributed by atoms with van der Waals surface area (Å²) in [6.07, 6.45) is 2.20. The molecule has 172 valence electrons. The molecule has 0 spiro atoms. The zero-order valence-corrected chi connectivity index (χ0v) is 18.8. The van der Waals surface area contributed by atoms with Crippen LogP contribution in [0.2, 0.25) is 0 Å². The lowest BCUT2D eigenvalue weighted by molar-refractivity contribution is -0.156. The molecule has 2 unspecified atom stereocenters. The molecule has 0 saturated carbocycles. The number of hydrogen-bond acceptors (Lipinski definition) is 5. The van der Waals surface area contributed by atoms with Crippen molar-refractivity contribution in [3.63, 3.8) is 0 Å². The Kier molecular flexibility index (Phi) is 4.20. The number of likely N-dealkylation sites (N-methyl/N-ethyl adjacent to an activating group) is 1. The summed E-state index contributed by atoms with van der Waals surface area (Å²) in [5.74, 6) is -4.26. The molecule has 2 bridgehead atoms. The average molecular weight is 457 g/mol. The Morgan fingerprint density at radius 1 is 0.941 bits per heavy atom. The van der Waals surface area contributed by atoms with E-state index in [1.807, 2.05) is 41.1 Å². The maximum Gasteiger partial charge on any atom is 0.265 e. The van der Waals surface area contributed by atoms with Gasteiger partial charge in [0, 0.05) is 31.7 Å². The Labute approximate surface area is 195 Å². The minimum absolute atomic E-state index is 0.256. The summed E-state index contributed by atoms with van der Waals surface area (Å²) in [5, 5.41) is 1.07. The topological polar surface area (TPSA) is 88.9 Å². The van der Waals surface area contributed by atoms with Crippen molar-refractivity contribution in [2.45, 2.75) is 31.2 Å². The third-order valence-electron chi connectivity index (χ3n) is 7.69. The van der Waals surface area contributed by atoms with Crippen LogP contribution in [0.4, 0.5) is 5.69 Å². The van der Waals surface area contributed by atoms with Gasteiger partial charge in [-0.1, -0.05) is 36.4 Å². The lowest BCUT2D eigenvalue weighted by atomic mass is 9.72. The molecule has 34 heavy (non-hydrogen) atoms. The Morgan fingerprint density at radius 3 is 2.35 bits per heavy atom. The van der Waals surface area contributed by atoms with E-state index in [0.29, 0.717) is 12.2 Å². The van der Waals surface area contributed by atoms with E-state index in [-0.39, 0.29) is 6.42 Å². The van der Waals surface area contributed by atoms with Crippen molar-refractivity contribution in [3.05, 3.63) is 66.9 Å². The number of para-hydroxylation sites is 2. The zero-order chi connectivity index (χ0) is 23.8. The van der Waals surface area contributed by atoms with Crippen molar-refractivity contribution in [1.29, 1.82) is 0 Å². The van der Waals surface area contributed by atoms with Crippen molar-refractivity contribution in [2.24, 2.45) is 11.8 Å². The molecule has 3 aromatic rings. The highest BCUT2D eigenvalue weighted by molar-refractivity contribution is 6.28. The summed E-state index contributed by atoms with van der Waals surface area (Å²) in [6.45, 7) is 1.70. The Balaban J connectivity index is 1.45. The van der Waals surface area contributed by atoms with Gasteiger partial charge in [-0.05, 0) is 36.6 Å². The van der Waals surface area contributed by atoms with Crippen molar-refractivity contribution in [3.8, 4) is 0 Å². The van der Waals surface area contributed by atoms with Crippen LogP contribution in [0.5, 0.6) is 0 Å². The predicted octanol–water partition coefficient (Wildman–Crippen LogP) is 2.36. The molecule has 0 aliphatic carbocycles. The fourth-order valence-electron chi connectivity index (χ4n) is 6.08. The van der Waals surface area contributed by atoms with E-state index in [1.54, 1.807) is 37.4 Å². The van der Waals surface area contributed by atoms with Gasteiger partial charge in [0.1, 0.15) is 11.8 Å². The van der Waals surface area contributed by atoms with E-state index in [1.165, 1.54) is 11.8 Å². The average Bonchev–Trinajstić information content (AvgIpc) is 3.53. The molecule has 3 fully saturated rings. The van der Waals surface area contributed by atoms with Crippen LogP contribution in [0.15, 0.2) is 66.9 Å². The van der Waals surface area contributed by atoms with Gasteiger partial charge in [-0.2, -0.15) is 0 Å². The van der Waals surface area contributed by atoms with Crippen molar-refractivity contribution in [1.82, 2.24) is 9.47 Å². The number of piperidine rings is 1. The number of nitrogens with zero attached hydrogens (tertiary/aromatic N) is 3. The zero-order valence-electron chi connectivity index (χ0n) is 18.8. The standard InChI is InChI=1S/C26H23N3O5/c1-16(30)26-21-20(22(31)29(23(21)32)18-9-4-3-5-10-18)25(34-26,27(2)24(26)33)13-15-28-14-12-17-8-6-7-11-19(17)28/h3-12,14,20-21H,13,15H2,1-2H3/t20?,21?,25-,26+/m0/s1. The number of ether oxygens (including phenoxy) is 1. The number of aromatic nitrogens is 1. The predicted molar refractivity (Wildman–Crippen MR) is 122 cm³/mol. The highest BCUT2D eigenvalue weighted by Crippen LogP contribution is 2.60. The van der Waals surface area contributed by atoms with Gasteiger partial charge in [0.05, 0.1) is 5.69 Å². The van der Waals surface area contributed by atoms with Gasteiger partial charge in [-0.25, -0.2) is 4.90 Å². The van der Waals surface area contributed by atoms with Crippen molar-refractivity contribution in [2.75, 3.05) is 11.9 Å². The van der Waals surface area contributed by atoms with E-state index in [9.17, 15) is 19.2 Å². The number of hydrogen-bond donors (Lipinski definition) is 0. The number of carbonyl (C=O) groups is 4. The Morgan fingerprint density at radius 2 is 1.62 bits per heavy atom. The largest absolute Gasteiger partial charge is 0.347 e. The van der Waals surface area contributed by atoms with E-state index in [2.05, 4.69) is 0 Å². The number of fused-ring (bicyclic) bond motifs is 6. The smallest absolute Gasteiger partial charge is 0.265 e. The van der Waals surface area contributed by atoms with Gasteiger partial charge >= 0.3 is 0 Å². The number of aryl methyl sites for hydroxylation is 1. The molecule has 4 atom stereocenters. The molecule has 6 rings (SSSR count). The maximum absolute atomic E-state index is 13.8.